The minimum absolute atomic E-state index is 0.256. The van der Waals surface area contributed by atoms with E-state index in [0.717, 1.165) is 5.92 Å². The molecule has 94 valence electrons. The van der Waals surface area contributed by atoms with Gasteiger partial charge in [0.05, 0.1) is 0 Å². The summed E-state index contributed by atoms with van der Waals surface area (Å²) in [5, 5.41) is 7.10. The van der Waals surface area contributed by atoms with Gasteiger partial charge < -0.3 is 15.5 Å². The molecular formula is C13H27N3. The van der Waals surface area contributed by atoms with Crippen LogP contribution in [0.25, 0.3) is 0 Å². The number of nitrogens with one attached hydrogen (secondary N) is 2. The second kappa shape index (κ2) is 5.03. The van der Waals surface area contributed by atoms with Crippen molar-refractivity contribution in [2.45, 2.75) is 45.2 Å². The topological polar surface area (TPSA) is 27.3 Å². The van der Waals surface area contributed by atoms with Crippen molar-refractivity contribution < 1.29 is 0 Å². The van der Waals surface area contributed by atoms with Gasteiger partial charge in [-0.2, -0.15) is 0 Å². The molecule has 2 aliphatic heterocycles. The molecule has 2 N–H and O–H groups in total. The highest BCUT2D eigenvalue weighted by Crippen LogP contribution is 2.16. The van der Waals surface area contributed by atoms with Crippen LogP contribution in [0.4, 0.5) is 0 Å². The average Bonchev–Trinajstić information content (AvgIpc) is 2.09. The summed E-state index contributed by atoms with van der Waals surface area (Å²) in [4.78, 5) is 2.65. The standard InChI is InChI=1S/C13H27N3/c1-13(2,3)15-12-5-4-6-16(10-12)9-11-7-14-8-11/h11-12,14-15H,4-10H2,1-3H3/t12-/m0/s1. The third-order valence-corrected chi connectivity index (χ3v) is 3.53. The third kappa shape index (κ3) is 3.72. The van der Waals surface area contributed by atoms with E-state index in [9.17, 15) is 0 Å². The van der Waals surface area contributed by atoms with E-state index in [1.807, 2.05) is 0 Å². The molecule has 16 heavy (non-hydrogen) atoms. The maximum absolute atomic E-state index is 3.74. The Bertz CT molecular complexity index is 218. The van der Waals surface area contributed by atoms with E-state index in [-0.39, 0.29) is 5.54 Å². The summed E-state index contributed by atoms with van der Waals surface area (Å²) >= 11 is 0. The van der Waals surface area contributed by atoms with Gasteiger partial charge in [0.1, 0.15) is 0 Å². The normalized spacial score (nSPS) is 29.1. The zero-order chi connectivity index (χ0) is 11.6. The highest BCUT2D eigenvalue weighted by atomic mass is 15.2. The van der Waals surface area contributed by atoms with Crippen molar-refractivity contribution >= 4 is 0 Å². The zero-order valence-electron chi connectivity index (χ0n) is 11.1. The quantitative estimate of drug-likeness (QED) is 0.752. The molecule has 2 rings (SSSR count). The lowest BCUT2D eigenvalue weighted by Gasteiger charge is -2.40. The van der Waals surface area contributed by atoms with E-state index in [1.165, 1.54) is 45.6 Å². The number of likely N-dealkylation sites (tertiary alicyclic amines) is 1. The van der Waals surface area contributed by atoms with Crippen molar-refractivity contribution in [3.63, 3.8) is 0 Å². The Morgan fingerprint density at radius 2 is 2.06 bits per heavy atom. The highest BCUT2D eigenvalue weighted by molar-refractivity contribution is 4.86. The molecule has 2 aliphatic rings. The number of nitrogens with zero attached hydrogens (tertiary/aromatic N) is 1. The van der Waals surface area contributed by atoms with E-state index in [1.54, 1.807) is 0 Å². The molecule has 2 saturated heterocycles. The molecule has 0 aliphatic carbocycles. The van der Waals surface area contributed by atoms with Gasteiger partial charge in [-0.3, -0.25) is 0 Å². The van der Waals surface area contributed by atoms with Crippen molar-refractivity contribution in [1.82, 2.24) is 15.5 Å². The summed E-state index contributed by atoms with van der Waals surface area (Å²) in [7, 11) is 0. The van der Waals surface area contributed by atoms with Crippen molar-refractivity contribution in [2.75, 3.05) is 32.7 Å². The van der Waals surface area contributed by atoms with Crippen LogP contribution >= 0.6 is 0 Å². The van der Waals surface area contributed by atoms with Gasteiger partial charge >= 0.3 is 0 Å². The minimum Gasteiger partial charge on any atom is -0.316 e. The number of piperidine rings is 1. The first-order valence-corrected chi connectivity index (χ1v) is 6.74. The summed E-state index contributed by atoms with van der Waals surface area (Å²) in [6.07, 6.45) is 2.70. The molecule has 0 radical (unpaired) electrons. The molecule has 3 heteroatoms. The maximum atomic E-state index is 3.74. The number of hydrogen-bond acceptors (Lipinski definition) is 3. The van der Waals surface area contributed by atoms with E-state index in [2.05, 4.69) is 36.3 Å². The van der Waals surface area contributed by atoms with Crippen LogP contribution in [0, 0.1) is 5.92 Å². The molecule has 0 saturated carbocycles. The Hall–Kier alpha value is -0.120. The SMILES string of the molecule is CC(C)(C)N[C@H]1CCCN(CC2CNC2)C1. The fraction of sp³-hybridized carbons (Fsp3) is 1.00. The third-order valence-electron chi connectivity index (χ3n) is 3.53. The molecule has 0 spiro atoms. The first-order valence-electron chi connectivity index (χ1n) is 6.74. The van der Waals surface area contributed by atoms with Gasteiger partial charge in [0, 0.05) is 37.8 Å². The lowest BCUT2D eigenvalue weighted by molar-refractivity contribution is 0.134. The van der Waals surface area contributed by atoms with Crippen molar-refractivity contribution in [3.8, 4) is 0 Å². The summed E-state index contributed by atoms with van der Waals surface area (Å²) in [5.41, 5.74) is 0.256. The highest BCUT2D eigenvalue weighted by Gasteiger charge is 2.26. The van der Waals surface area contributed by atoms with Crippen LogP contribution in [-0.4, -0.2) is 49.2 Å². The Morgan fingerprint density at radius 1 is 1.31 bits per heavy atom. The Morgan fingerprint density at radius 3 is 2.62 bits per heavy atom. The molecule has 0 aromatic carbocycles. The molecule has 0 unspecified atom stereocenters. The summed E-state index contributed by atoms with van der Waals surface area (Å²) < 4.78 is 0. The molecular weight excluding hydrogens is 198 g/mol. The van der Waals surface area contributed by atoms with Crippen LogP contribution < -0.4 is 10.6 Å². The van der Waals surface area contributed by atoms with E-state index < -0.39 is 0 Å². The molecule has 0 aromatic rings. The molecule has 2 heterocycles. The Kier molecular flexibility index (Phi) is 3.88. The van der Waals surface area contributed by atoms with Crippen LogP contribution in [0.15, 0.2) is 0 Å². The monoisotopic (exact) mass is 225 g/mol. The molecule has 0 bridgehead atoms. The summed E-state index contributed by atoms with van der Waals surface area (Å²) in [6.45, 7) is 13.1. The van der Waals surface area contributed by atoms with Gasteiger partial charge in [-0.15, -0.1) is 0 Å². The van der Waals surface area contributed by atoms with Gasteiger partial charge in [0.25, 0.3) is 0 Å². The molecule has 0 aromatic heterocycles. The predicted molar refractivity (Wildman–Crippen MR) is 68.7 cm³/mol. The van der Waals surface area contributed by atoms with Crippen molar-refractivity contribution in [3.05, 3.63) is 0 Å². The van der Waals surface area contributed by atoms with E-state index in [0.29, 0.717) is 6.04 Å². The molecule has 2 fully saturated rings. The number of rotatable bonds is 3. The molecule has 3 nitrogen and oxygen atoms in total. The predicted octanol–water partition coefficient (Wildman–Crippen LogP) is 1.06. The van der Waals surface area contributed by atoms with Crippen LogP contribution in [0.2, 0.25) is 0 Å². The van der Waals surface area contributed by atoms with E-state index >= 15 is 0 Å². The molecule has 1 atom stereocenters. The number of hydrogen-bond donors (Lipinski definition) is 2. The Labute approximate surface area is 100.0 Å². The van der Waals surface area contributed by atoms with Gasteiger partial charge in [-0.25, -0.2) is 0 Å². The smallest absolute Gasteiger partial charge is 0.0200 e. The largest absolute Gasteiger partial charge is 0.316 e. The summed E-state index contributed by atoms with van der Waals surface area (Å²) in [6, 6.07) is 0.696. The Balaban J connectivity index is 1.74. The van der Waals surface area contributed by atoms with Gasteiger partial charge in [-0.1, -0.05) is 0 Å². The second-order valence-corrected chi connectivity index (χ2v) is 6.52. The zero-order valence-corrected chi connectivity index (χ0v) is 11.1. The van der Waals surface area contributed by atoms with Gasteiger partial charge in [0.2, 0.25) is 0 Å². The van der Waals surface area contributed by atoms with Crippen LogP contribution in [-0.2, 0) is 0 Å². The molecule has 0 amide bonds. The second-order valence-electron chi connectivity index (χ2n) is 6.52. The lowest BCUT2D eigenvalue weighted by Crippen LogP contribution is -2.55. The summed E-state index contributed by atoms with van der Waals surface area (Å²) in [5.74, 6) is 0.911. The van der Waals surface area contributed by atoms with Gasteiger partial charge in [0.15, 0.2) is 0 Å². The lowest BCUT2D eigenvalue weighted by atomic mass is 9.98. The first kappa shape index (κ1) is 12.3. The maximum Gasteiger partial charge on any atom is 0.0200 e. The average molecular weight is 225 g/mol. The van der Waals surface area contributed by atoms with Crippen LogP contribution in [0.1, 0.15) is 33.6 Å². The fourth-order valence-corrected chi connectivity index (χ4v) is 2.79. The van der Waals surface area contributed by atoms with Crippen molar-refractivity contribution in [1.29, 1.82) is 0 Å². The van der Waals surface area contributed by atoms with Crippen LogP contribution in [0.3, 0.4) is 0 Å². The fourth-order valence-electron chi connectivity index (χ4n) is 2.79. The van der Waals surface area contributed by atoms with Crippen LogP contribution in [0.5, 0.6) is 0 Å². The first-order chi connectivity index (χ1) is 7.53. The van der Waals surface area contributed by atoms with Crippen molar-refractivity contribution in [2.24, 2.45) is 5.92 Å². The van der Waals surface area contributed by atoms with Gasteiger partial charge in [-0.05, 0) is 46.1 Å². The van der Waals surface area contributed by atoms with E-state index in [4.69, 9.17) is 0 Å². The minimum atomic E-state index is 0.256.